The van der Waals surface area contributed by atoms with E-state index >= 15 is 0 Å². The molecule has 1 aromatic carbocycles. The van der Waals surface area contributed by atoms with Gasteiger partial charge in [0.05, 0.1) is 12.9 Å². The first-order chi connectivity index (χ1) is 11.5. The standard InChI is InChI=1S/C17H24N2O4S/c1-3-4-5-6-7-8-13-24(20,21)23-19-17(14-18)15-9-11-16(22-2)12-10-15/h9-12H,3-8,13H2,1-2H3/b19-17+. The van der Waals surface area contributed by atoms with Crippen molar-refractivity contribution >= 4 is 15.8 Å². The number of ether oxygens (including phenoxy) is 1. The number of unbranched alkanes of at least 4 members (excludes halogenated alkanes) is 5. The molecule has 0 radical (unpaired) electrons. The molecule has 0 N–H and O–H groups in total. The number of hydrogen-bond donors (Lipinski definition) is 0. The molecule has 132 valence electrons. The largest absolute Gasteiger partial charge is 0.497 e. The van der Waals surface area contributed by atoms with Gasteiger partial charge in [0.15, 0.2) is 5.71 Å². The average molecular weight is 352 g/mol. The molecule has 0 bridgehead atoms. The summed E-state index contributed by atoms with van der Waals surface area (Å²) in [5.41, 5.74) is 0.372. The molecule has 0 aliphatic heterocycles. The number of oxime groups is 1. The zero-order valence-corrected chi connectivity index (χ0v) is 15.0. The van der Waals surface area contributed by atoms with Crippen LogP contribution in [0.15, 0.2) is 29.4 Å². The maximum Gasteiger partial charge on any atom is 0.328 e. The molecule has 0 heterocycles. The monoisotopic (exact) mass is 352 g/mol. The molecule has 0 unspecified atom stereocenters. The van der Waals surface area contributed by atoms with Crippen LogP contribution in [0.4, 0.5) is 0 Å². The Bertz CT molecular complexity index is 661. The first-order valence-electron chi connectivity index (χ1n) is 8.06. The lowest BCUT2D eigenvalue weighted by atomic mass is 10.1. The van der Waals surface area contributed by atoms with Crippen molar-refractivity contribution in [3.8, 4) is 11.8 Å². The minimum Gasteiger partial charge on any atom is -0.497 e. The molecule has 24 heavy (non-hydrogen) atoms. The van der Waals surface area contributed by atoms with Gasteiger partial charge in [0.2, 0.25) is 0 Å². The van der Waals surface area contributed by atoms with Crippen molar-refractivity contribution in [2.24, 2.45) is 5.16 Å². The van der Waals surface area contributed by atoms with Crippen LogP contribution in [0.1, 0.15) is 51.0 Å². The van der Waals surface area contributed by atoms with E-state index in [0.717, 1.165) is 25.7 Å². The highest BCUT2D eigenvalue weighted by Gasteiger charge is 2.13. The quantitative estimate of drug-likeness (QED) is 0.345. The second kappa shape index (κ2) is 10.7. The van der Waals surface area contributed by atoms with Crippen molar-refractivity contribution in [2.45, 2.75) is 45.4 Å². The Kier molecular flexibility index (Phi) is 8.87. The van der Waals surface area contributed by atoms with Crippen molar-refractivity contribution in [1.82, 2.24) is 0 Å². The van der Waals surface area contributed by atoms with E-state index in [1.54, 1.807) is 24.3 Å². The lowest BCUT2D eigenvalue weighted by Crippen LogP contribution is -2.09. The lowest BCUT2D eigenvalue weighted by molar-refractivity contribution is 0.338. The summed E-state index contributed by atoms with van der Waals surface area (Å²) in [6.45, 7) is 2.13. The molecule has 0 spiro atoms. The molecule has 0 aliphatic rings. The van der Waals surface area contributed by atoms with E-state index in [0.29, 0.717) is 17.7 Å². The van der Waals surface area contributed by atoms with E-state index in [9.17, 15) is 8.42 Å². The molecule has 0 fully saturated rings. The molecule has 0 aromatic heterocycles. The predicted molar refractivity (Wildman–Crippen MR) is 93.4 cm³/mol. The first-order valence-corrected chi connectivity index (χ1v) is 9.64. The van der Waals surface area contributed by atoms with Crippen LogP contribution in [0.3, 0.4) is 0 Å². The zero-order chi connectivity index (χ0) is 17.8. The summed E-state index contributed by atoms with van der Waals surface area (Å²) in [5.74, 6) is 0.539. The Morgan fingerprint density at radius 3 is 2.33 bits per heavy atom. The normalized spacial score (nSPS) is 11.8. The highest BCUT2D eigenvalue weighted by molar-refractivity contribution is 7.86. The molecule has 0 atom stereocenters. The average Bonchev–Trinajstić information content (AvgIpc) is 2.59. The van der Waals surface area contributed by atoms with Crippen LogP contribution in [0.5, 0.6) is 5.75 Å². The summed E-state index contributed by atoms with van der Waals surface area (Å²) in [4.78, 5) is 0. The third-order valence-electron chi connectivity index (χ3n) is 3.46. The Morgan fingerprint density at radius 1 is 1.12 bits per heavy atom. The van der Waals surface area contributed by atoms with Gasteiger partial charge in [-0.15, -0.1) is 0 Å². The number of benzene rings is 1. The Hall–Kier alpha value is -2.07. The summed E-state index contributed by atoms with van der Waals surface area (Å²) >= 11 is 0. The molecular weight excluding hydrogens is 328 g/mol. The number of hydrogen-bond acceptors (Lipinski definition) is 6. The van der Waals surface area contributed by atoms with Crippen LogP contribution in [0.2, 0.25) is 0 Å². The van der Waals surface area contributed by atoms with Crippen LogP contribution in [0.25, 0.3) is 0 Å². The van der Waals surface area contributed by atoms with Gasteiger partial charge < -0.3 is 4.74 Å². The van der Waals surface area contributed by atoms with E-state index < -0.39 is 10.1 Å². The molecule has 1 aromatic rings. The van der Waals surface area contributed by atoms with Gasteiger partial charge in [0.25, 0.3) is 0 Å². The minimum absolute atomic E-state index is 0.0933. The van der Waals surface area contributed by atoms with Crippen molar-refractivity contribution in [3.05, 3.63) is 29.8 Å². The fourth-order valence-electron chi connectivity index (χ4n) is 2.08. The number of rotatable bonds is 11. The van der Waals surface area contributed by atoms with Crippen molar-refractivity contribution < 1.29 is 17.4 Å². The van der Waals surface area contributed by atoms with Crippen molar-refractivity contribution in [2.75, 3.05) is 12.9 Å². The summed E-state index contributed by atoms with van der Waals surface area (Å²) in [6.07, 6.45) is 5.83. The van der Waals surface area contributed by atoms with Crippen LogP contribution in [0, 0.1) is 11.3 Å². The van der Waals surface area contributed by atoms with Gasteiger partial charge in [-0.1, -0.05) is 44.2 Å². The van der Waals surface area contributed by atoms with Crippen LogP contribution < -0.4 is 4.74 Å². The van der Waals surface area contributed by atoms with E-state index in [1.165, 1.54) is 13.5 Å². The fourth-order valence-corrected chi connectivity index (χ4v) is 2.90. The molecule has 7 heteroatoms. The van der Waals surface area contributed by atoms with Gasteiger partial charge in [0.1, 0.15) is 11.8 Å². The maximum atomic E-state index is 11.8. The van der Waals surface area contributed by atoms with Crippen LogP contribution >= 0.6 is 0 Å². The summed E-state index contributed by atoms with van der Waals surface area (Å²) in [7, 11) is -2.23. The molecule has 0 aliphatic carbocycles. The highest BCUT2D eigenvalue weighted by Crippen LogP contribution is 2.13. The molecule has 1 rings (SSSR count). The Labute approximate surface area is 144 Å². The van der Waals surface area contributed by atoms with Crippen molar-refractivity contribution in [3.63, 3.8) is 0 Å². The summed E-state index contributed by atoms with van der Waals surface area (Å²) in [6, 6.07) is 8.39. The molecule has 6 nitrogen and oxygen atoms in total. The molecule has 0 amide bonds. The van der Waals surface area contributed by atoms with Gasteiger partial charge in [-0.2, -0.15) is 13.7 Å². The van der Waals surface area contributed by atoms with E-state index in [2.05, 4.69) is 16.4 Å². The predicted octanol–water partition coefficient (Wildman–Crippen LogP) is 3.63. The smallest absolute Gasteiger partial charge is 0.328 e. The SMILES string of the molecule is CCCCCCCCS(=O)(=O)O/N=C(\C#N)c1ccc(OC)cc1. The van der Waals surface area contributed by atoms with Gasteiger partial charge >= 0.3 is 10.1 Å². The Morgan fingerprint density at radius 2 is 1.75 bits per heavy atom. The molecule has 0 saturated heterocycles. The van der Waals surface area contributed by atoms with Gasteiger partial charge in [-0.05, 0) is 30.7 Å². The number of nitriles is 1. The first kappa shape index (κ1) is 20.0. The van der Waals surface area contributed by atoms with E-state index in [1.807, 2.05) is 6.07 Å². The van der Waals surface area contributed by atoms with Gasteiger partial charge in [-0.25, -0.2) is 0 Å². The second-order valence-corrected chi connectivity index (χ2v) is 7.06. The van der Waals surface area contributed by atoms with Gasteiger partial charge in [-0.3, -0.25) is 4.28 Å². The zero-order valence-electron chi connectivity index (χ0n) is 14.2. The summed E-state index contributed by atoms with van der Waals surface area (Å²) < 4.78 is 33.3. The molecule has 0 saturated carbocycles. The summed E-state index contributed by atoms with van der Waals surface area (Å²) in [5, 5.41) is 12.6. The minimum atomic E-state index is -3.76. The van der Waals surface area contributed by atoms with Gasteiger partial charge in [0, 0.05) is 5.56 Å². The van der Waals surface area contributed by atoms with E-state index in [4.69, 9.17) is 10.00 Å². The third kappa shape index (κ3) is 7.47. The topological polar surface area (TPSA) is 88.8 Å². The van der Waals surface area contributed by atoms with Crippen LogP contribution in [-0.2, 0) is 14.4 Å². The highest BCUT2D eigenvalue weighted by atomic mass is 32.2. The molecular formula is C17H24N2O4S. The third-order valence-corrected chi connectivity index (χ3v) is 4.55. The number of nitrogens with zero attached hydrogens (tertiary/aromatic N) is 2. The second-order valence-electron chi connectivity index (χ2n) is 5.38. The number of methoxy groups -OCH3 is 1. The lowest BCUT2D eigenvalue weighted by Gasteiger charge is -2.04. The van der Waals surface area contributed by atoms with E-state index in [-0.39, 0.29) is 11.5 Å². The Balaban J connectivity index is 2.55. The fraction of sp³-hybridized carbons (Fsp3) is 0.529. The van der Waals surface area contributed by atoms with Crippen molar-refractivity contribution in [1.29, 1.82) is 5.26 Å². The van der Waals surface area contributed by atoms with Crippen LogP contribution in [-0.4, -0.2) is 27.0 Å². The maximum absolute atomic E-state index is 11.8.